The van der Waals surface area contributed by atoms with Crippen LogP contribution in [0.5, 0.6) is 11.5 Å². The van der Waals surface area contributed by atoms with Gasteiger partial charge in [-0.1, -0.05) is 17.7 Å². The largest absolute Gasteiger partial charge is 0.493 e. The van der Waals surface area contributed by atoms with Crippen molar-refractivity contribution in [3.63, 3.8) is 0 Å². The minimum Gasteiger partial charge on any atom is -0.493 e. The Morgan fingerprint density at radius 1 is 1.00 bits per heavy atom. The molecule has 0 fully saturated rings. The van der Waals surface area contributed by atoms with E-state index in [1.165, 1.54) is 7.11 Å². The van der Waals surface area contributed by atoms with Gasteiger partial charge in [0.1, 0.15) is 11.5 Å². The van der Waals surface area contributed by atoms with Gasteiger partial charge in [0.25, 0.3) is 5.91 Å². The molecule has 0 radical (unpaired) electrons. The van der Waals surface area contributed by atoms with E-state index in [2.05, 4.69) is 21.2 Å². The van der Waals surface area contributed by atoms with Crippen LogP contribution in [0, 0.1) is 6.92 Å². The Labute approximate surface area is 224 Å². The summed E-state index contributed by atoms with van der Waals surface area (Å²) in [6.45, 7) is 1.76. The second kappa shape index (κ2) is 10.5. The van der Waals surface area contributed by atoms with Crippen LogP contribution in [0.15, 0.2) is 63.5 Å². The van der Waals surface area contributed by atoms with Crippen LogP contribution in [0.2, 0.25) is 0 Å². The standard InChI is InChI=1S/C29H28BrNO6/c1-16-9-11-18(12-10-16)31-25(34)15-36-29-19(30)13-17(14-24(29)35-2)26-27-20(32)5-3-7-22(27)37-23-8-4-6-21(33)28(23)26/h9-14,26H,3-8,15H2,1-2H3,(H,31,34). The number of rotatable bonds is 6. The molecule has 0 atom stereocenters. The highest BCUT2D eigenvalue weighted by Gasteiger charge is 2.42. The van der Waals surface area contributed by atoms with Gasteiger partial charge in [0.2, 0.25) is 0 Å². The number of carbonyl (C=O) groups is 3. The second-order valence-electron chi connectivity index (χ2n) is 9.50. The summed E-state index contributed by atoms with van der Waals surface area (Å²) in [4.78, 5) is 38.6. The molecule has 2 aromatic carbocycles. The number of aryl methyl sites for hydroxylation is 1. The van der Waals surface area contributed by atoms with Crippen LogP contribution in [0.4, 0.5) is 5.69 Å². The average Bonchev–Trinajstić information content (AvgIpc) is 2.88. The van der Waals surface area contributed by atoms with Gasteiger partial charge in [-0.15, -0.1) is 0 Å². The van der Waals surface area contributed by atoms with Crippen LogP contribution in [0.25, 0.3) is 0 Å². The number of carbonyl (C=O) groups excluding carboxylic acids is 3. The van der Waals surface area contributed by atoms with Gasteiger partial charge in [0, 0.05) is 48.4 Å². The number of halogens is 1. The normalized spacial score (nSPS) is 17.7. The fourth-order valence-electron chi connectivity index (χ4n) is 5.17. The molecule has 0 saturated heterocycles. The van der Waals surface area contributed by atoms with Gasteiger partial charge in [0.15, 0.2) is 29.7 Å². The number of nitrogens with one attached hydrogen (secondary N) is 1. The van der Waals surface area contributed by atoms with Crippen LogP contribution in [0.1, 0.15) is 55.6 Å². The second-order valence-corrected chi connectivity index (χ2v) is 10.4. The van der Waals surface area contributed by atoms with Crippen LogP contribution >= 0.6 is 15.9 Å². The molecule has 8 heteroatoms. The number of benzene rings is 2. The van der Waals surface area contributed by atoms with Crippen LogP contribution < -0.4 is 14.8 Å². The highest BCUT2D eigenvalue weighted by atomic mass is 79.9. The van der Waals surface area contributed by atoms with Crippen molar-refractivity contribution in [2.45, 2.75) is 51.4 Å². The highest BCUT2D eigenvalue weighted by molar-refractivity contribution is 9.10. The minimum absolute atomic E-state index is 0.0133. The first-order chi connectivity index (χ1) is 17.9. The number of ketones is 2. The summed E-state index contributed by atoms with van der Waals surface area (Å²) >= 11 is 3.57. The molecule has 0 spiro atoms. The molecule has 37 heavy (non-hydrogen) atoms. The molecule has 1 heterocycles. The molecular formula is C29H28BrNO6. The lowest BCUT2D eigenvalue weighted by molar-refractivity contribution is -0.119. The number of hydrogen-bond acceptors (Lipinski definition) is 6. The number of amides is 1. The number of anilines is 1. The molecule has 0 aromatic heterocycles. The summed E-state index contributed by atoms with van der Waals surface area (Å²) in [5.74, 6) is 1.33. The lowest BCUT2D eigenvalue weighted by atomic mass is 9.73. The van der Waals surface area contributed by atoms with E-state index in [-0.39, 0.29) is 24.1 Å². The topological polar surface area (TPSA) is 90.9 Å². The third kappa shape index (κ3) is 5.07. The third-order valence-corrected chi connectivity index (χ3v) is 7.50. The van der Waals surface area contributed by atoms with Gasteiger partial charge in [0.05, 0.1) is 11.6 Å². The molecule has 2 aliphatic carbocycles. The summed E-state index contributed by atoms with van der Waals surface area (Å²) in [6, 6.07) is 11.1. The van der Waals surface area contributed by atoms with Crippen molar-refractivity contribution >= 4 is 39.1 Å². The SMILES string of the molecule is COc1cc(C2C3=C(CCCC3=O)OC3=C2C(=O)CCC3)cc(Br)c1OCC(=O)Nc1ccc(C)cc1. The number of ether oxygens (including phenoxy) is 3. The molecule has 1 amide bonds. The fraction of sp³-hybridized carbons (Fsp3) is 0.345. The Morgan fingerprint density at radius 2 is 1.62 bits per heavy atom. The summed E-state index contributed by atoms with van der Waals surface area (Å²) < 4.78 is 18.2. The van der Waals surface area contributed by atoms with Crippen molar-refractivity contribution in [2.24, 2.45) is 0 Å². The first-order valence-electron chi connectivity index (χ1n) is 12.4. The van der Waals surface area contributed by atoms with E-state index in [4.69, 9.17) is 14.2 Å². The van der Waals surface area contributed by atoms with Crippen molar-refractivity contribution in [3.8, 4) is 11.5 Å². The van der Waals surface area contributed by atoms with E-state index >= 15 is 0 Å². The smallest absolute Gasteiger partial charge is 0.262 e. The molecule has 192 valence electrons. The van der Waals surface area contributed by atoms with Gasteiger partial charge >= 0.3 is 0 Å². The summed E-state index contributed by atoms with van der Waals surface area (Å²) in [7, 11) is 1.52. The van der Waals surface area contributed by atoms with Gasteiger partial charge in [-0.3, -0.25) is 14.4 Å². The zero-order valence-electron chi connectivity index (χ0n) is 20.8. The Hall–Kier alpha value is -3.39. The van der Waals surface area contributed by atoms with E-state index < -0.39 is 5.92 Å². The van der Waals surface area contributed by atoms with Gasteiger partial charge < -0.3 is 19.5 Å². The lowest BCUT2D eigenvalue weighted by Gasteiger charge is -2.36. The van der Waals surface area contributed by atoms with E-state index in [1.807, 2.05) is 37.3 Å². The number of allylic oxidation sites excluding steroid dienone is 4. The zero-order chi connectivity index (χ0) is 26.1. The van der Waals surface area contributed by atoms with E-state index in [0.29, 0.717) is 70.0 Å². The highest BCUT2D eigenvalue weighted by Crippen LogP contribution is 2.50. The van der Waals surface area contributed by atoms with Crippen molar-refractivity contribution in [1.82, 2.24) is 0 Å². The monoisotopic (exact) mass is 565 g/mol. The number of methoxy groups -OCH3 is 1. The third-order valence-electron chi connectivity index (χ3n) is 6.91. The van der Waals surface area contributed by atoms with Crippen molar-refractivity contribution in [1.29, 1.82) is 0 Å². The van der Waals surface area contributed by atoms with Crippen molar-refractivity contribution < 1.29 is 28.6 Å². The fourth-order valence-corrected chi connectivity index (χ4v) is 5.74. The van der Waals surface area contributed by atoms with Crippen molar-refractivity contribution in [3.05, 3.63) is 74.7 Å². The Kier molecular flexibility index (Phi) is 7.20. The van der Waals surface area contributed by atoms with E-state index in [0.717, 1.165) is 24.0 Å². The maximum Gasteiger partial charge on any atom is 0.262 e. The van der Waals surface area contributed by atoms with Crippen molar-refractivity contribution in [2.75, 3.05) is 19.0 Å². The van der Waals surface area contributed by atoms with Gasteiger partial charge in [-0.25, -0.2) is 0 Å². The quantitative estimate of drug-likeness (QED) is 0.468. The predicted octanol–water partition coefficient (Wildman–Crippen LogP) is 5.91. The van der Waals surface area contributed by atoms with Gasteiger partial charge in [-0.05, 0) is 65.5 Å². The summed E-state index contributed by atoms with van der Waals surface area (Å²) in [5, 5.41) is 2.81. The minimum atomic E-state index is -0.511. The maximum absolute atomic E-state index is 13.1. The molecule has 0 bridgehead atoms. The van der Waals surface area contributed by atoms with E-state index in [1.54, 1.807) is 6.07 Å². The summed E-state index contributed by atoms with van der Waals surface area (Å²) in [6.07, 6.45) is 3.71. The first-order valence-corrected chi connectivity index (χ1v) is 13.2. The van der Waals surface area contributed by atoms with Crippen LogP contribution in [0.3, 0.4) is 0 Å². The molecule has 2 aromatic rings. The molecule has 3 aliphatic rings. The van der Waals surface area contributed by atoms with Crippen LogP contribution in [-0.4, -0.2) is 31.2 Å². The molecule has 5 rings (SSSR count). The zero-order valence-corrected chi connectivity index (χ0v) is 22.4. The van der Waals surface area contributed by atoms with E-state index in [9.17, 15) is 14.4 Å². The molecule has 7 nitrogen and oxygen atoms in total. The molecule has 0 saturated carbocycles. The average molecular weight is 566 g/mol. The molecular weight excluding hydrogens is 538 g/mol. The first kappa shape index (κ1) is 25.3. The Morgan fingerprint density at radius 3 is 2.22 bits per heavy atom. The Balaban J connectivity index is 1.45. The Bertz CT molecular complexity index is 1300. The predicted molar refractivity (Wildman–Crippen MR) is 142 cm³/mol. The maximum atomic E-state index is 13.1. The summed E-state index contributed by atoms with van der Waals surface area (Å²) in [5.41, 5.74) is 3.67. The lowest BCUT2D eigenvalue weighted by Crippen LogP contribution is -2.30. The van der Waals surface area contributed by atoms with Gasteiger partial charge in [-0.2, -0.15) is 0 Å². The molecule has 1 aliphatic heterocycles. The molecule has 1 N–H and O–H groups in total. The number of Topliss-reactive ketones (excluding diaryl/α,β-unsaturated/α-hetero) is 2. The molecule has 0 unspecified atom stereocenters. The van der Waals surface area contributed by atoms with Crippen LogP contribution in [-0.2, 0) is 19.1 Å². The number of hydrogen-bond donors (Lipinski definition) is 1.